The largest absolute Gasteiger partial charge is 0.502 e. The van der Waals surface area contributed by atoms with Gasteiger partial charge in [-0.1, -0.05) is 183 Å². The third-order valence-corrected chi connectivity index (χ3v) is 9.54. The van der Waals surface area contributed by atoms with Crippen LogP contribution in [0.5, 0.6) is 0 Å². The summed E-state index contributed by atoms with van der Waals surface area (Å²) >= 11 is 0. The predicted molar refractivity (Wildman–Crippen MR) is 209 cm³/mol. The Morgan fingerprint density at radius 1 is 0.447 bits per heavy atom. The van der Waals surface area contributed by atoms with E-state index < -0.39 is 0 Å². The molecule has 0 spiro atoms. The van der Waals surface area contributed by atoms with Crippen molar-refractivity contribution < 1.29 is 14.2 Å². The maximum Gasteiger partial charge on any atom is 0.160 e. The fourth-order valence-electron chi connectivity index (χ4n) is 6.44. The van der Waals surface area contributed by atoms with Crippen LogP contribution >= 0.6 is 0 Å². The van der Waals surface area contributed by atoms with E-state index in [0.29, 0.717) is 16.7 Å². The Morgan fingerprint density at radius 3 is 1.30 bits per heavy atom. The average Bonchev–Trinajstić information content (AvgIpc) is 3.01. The quantitative estimate of drug-likeness (QED) is 0.0383. The lowest BCUT2D eigenvalue weighted by molar-refractivity contribution is -0.177. The molecule has 0 aromatic rings. The molecule has 1 atom stereocenters. The van der Waals surface area contributed by atoms with Crippen molar-refractivity contribution in [1.82, 2.24) is 0 Å². The molecule has 0 amide bonds. The van der Waals surface area contributed by atoms with E-state index in [2.05, 4.69) is 61.5 Å². The lowest BCUT2D eigenvalue weighted by Gasteiger charge is -2.28. The summed E-state index contributed by atoms with van der Waals surface area (Å²) in [6, 6.07) is 0. The Bertz CT molecular complexity index is 609. The molecule has 47 heavy (non-hydrogen) atoms. The summed E-state index contributed by atoms with van der Waals surface area (Å²) in [4.78, 5) is 0. The fourth-order valence-corrected chi connectivity index (χ4v) is 6.44. The number of allylic oxidation sites excluding steroid dienone is 1. The molecule has 0 radical (unpaired) electrons. The van der Waals surface area contributed by atoms with Crippen LogP contribution < -0.4 is 0 Å². The zero-order valence-electron chi connectivity index (χ0n) is 33.7. The highest BCUT2D eigenvalue weighted by molar-refractivity contribution is 4.71. The summed E-state index contributed by atoms with van der Waals surface area (Å²) < 4.78 is 19.0. The Hall–Kier alpha value is -0.540. The van der Waals surface area contributed by atoms with Crippen molar-refractivity contribution in [2.75, 3.05) is 19.8 Å². The van der Waals surface area contributed by atoms with Crippen molar-refractivity contribution in [3.05, 3.63) is 12.3 Å². The van der Waals surface area contributed by atoms with Crippen LogP contribution in [0.15, 0.2) is 12.3 Å². The molecule has 0 fully saturated rings. The Balaban J connectivity index is 4.76. The normalized spacial score (nSPS) is 13.3. The zero-order valence-corrected chi connectivity index (χ0v) is 33.7. The van der Waals surface area contributed by atoms with Crippen molar-refractivity contribution in [3.8, 4) is 0 Å². The third-order valence-electron chi connectivity index (χ3n) is 9.54. The minimum absolute atomic E-state index is 0.0592. The van der Waals surface area contributed by atoms with Gasteiger partial charge in [-0.2, -0.15) is 0 Å². The zero-order chi connectivity index (χ0) is 34.9. The maximum atomic E-state index is 6.61. The number of hydrogen-bond donors (Lipinski definition) is 0. The summed E-state index contributed by atoms with van der Waals surface area (Å²) in [5.41, 5.74) is 0.959. The molecule has 0 aliphatic heterocycles. The van der Waals surface area contributed by atoms with Gasteiger partial charge < -0.3 is 14.2 Å². The van der Waals surface area contributed by atoms with Crippen molar-refractivity contribution in [3.63, 3.8) is 0 Å². The first-order valence-electron chi connectivity index (χ1n) is 21.1. The molecule has 0 rings (SSSR count). The van der Waals surface area contributed by atoms with Gasteiger partial charge in [-0.05, 0) is 62.2 Å². The van der Waals surface area contributed by atoms with Gasteiger partial charge in [0, 0.05) is 19.1 Å². The minimum atomic E-state index is -0.0592. The van der Waals surface area contributed by atoms with E-state index in [4.69, 9.17) is 14.2 Å². The van der Waals surface area contributed by atoms with E-state index in [1.807, 2.05) is 6.26 Å². The minimum Gasteiger partial charge on any atom is -0.502 e. The number of hydrogen-bond acceptors (Lipinski definition) is 3. The second kappa shape index (κ2) is 32.7. The van der Waals surface area contributed by atoms with E-state index in [-0.39, 0.29) is 6.29 Å². The standard InChI is InChI=1S/C44H88O3/c1-9-11-13-14-17-22-27-33-41(34-32-38-45-37-12-10-2)42(46-39-30-25-20-15-18-23-28-35-43(3,4)5)47-40-31-26-21-16-19-24-29-36-44(6,7)8/h12,37,41-42H,9-11,13-36,38-40H2,1-8H3. The van der Waals surface area contributed by atoms with Crippen LogP contribution in [-0.4, -0.2) is 26.1 Å². The molecule has 1 unspecified atom stereocenters. The first kappa shape index (κ1) is 46.5. The van der Waals surface area contributed by atoms with Crippen LogP contribution in [-0.2, 0) is 14.2 Å². The molecule has 0 heterocycles. The molecule has 0 aliphatic carbocycles. The first-order chi connectivity index (χ1) is 22.6. The second-order valence-corrected chi connectivity index (χ2v) is 17.1. The third kappa shape index (κ3) is 36.6. The molecule has 0 aromatic heterocycles. The molecule has 0 bridgehead atoms. The lowest BCUT2D eigenvalue weighted by Crippen LogP contribution is -2.29. The molecule has 0 saturated heterocycles. The van der Waals surface area contributed by atoms with Crippen molar-refractivity contribution in [2.24, 2.45) is 16.7 Å². The van der Waals surface area contributed by atoms with Crippen molar-refractivity contribution in [1.29, 1.82) is 0 Å². The average molecular weight is 665 g/mol. The molecule has 282 valence electrons. The van der Waals surface area contributed by atoms with Crippen LogP contribution in [0.25, 0.3) is 0 Å². The van der Waals surface area contributed by atoms with Gasteiger partial charge in [0.15, 0.2) is 6.29 Å². The Morgan fingerprint density at radius 2 is 0.851 bits per heavy atom. The summed E-state index contributed by atoms with van der Waals surface area (Å²) in [6.07, 6.45) is 39.1. The van der Waals surface area contributed by atoms with Crippen LogP contribution in [0.4, 0.5) is 0 Å². The summed E-state index contributed by atoms with van der Waals surface area (Å²) in [5, 5.41) is 0. The molecular formula is C44H88O3. The van der Waals surface area contributed by atoms with Gasteiger partial charge in [0.25, 0.3) is 0 Å². The van der Waals surface area contributed by atoms with Gasteiger partial charge in [0.1, 0.15) is 0 Å². The number of rotatable bonds is 35. The smallest absolute Gasteiger partial charge is 0.160 e. The van der Waals surface area contributed by atoms with Gasteiger partial charge in [-0.25, -0.2) is 0 Å². The van der Waals surface area contributed by atoms with E-state index in [1.54, 1.807) is 0 Å². The lowest BCUT2D eigenvalue weighted by atomic mass is 9.89. The highest BCUT2D eigenvalue weighted by Gasteiger charge is 2.23. The van der Waals surface area contributed by atoms with Gasteiger partial charge in [0.05, 0.1) is 12.9 Å². The van der Waals surface area contributed by atoms with Gasteiger partial charge in [-0.15, -0.1) is 0 Å². The van der Waals surface area contributed by atoms with Gasteiger partial charge >= 0.3 is 0 Å². The molecule has 0 aromatic carbocycles. The van der Waals surface area contributed by atoms with Crippen molar-refractivity contribution in [2.45, 2.75) is 235 Å². The van der Waals surface area contributed by atoms with E-state index >= 15 is 0 Å². The molecule has 0 N–H and O–H groups in total. The first-order valence-corrected chi connectivity index (χ1v) is 21.1. The van der Waals surface area contributed by atoms with E-state index in [9.17, 15) is 0 Å². The molecular weight excluding hydrogens is 576 g/mol. The monoisotopic (exact) mass is 665 g/mol. The van der Waals surface area contributed by atoms with Crippen LogP contribution in [0.2, 0.25) is 0 Å². The molecule has 3 heteroatoms. The molecule has 0 saturated carbocycles. The molecule has 3 nitrogen and oxygen atoms in total. The van der Waals surface area contributed by atoms with Crippen LogP contribution in [0, 0.1) is 16.7 Å². The Kier molecular flexibility index (Phi) is 32.3. The van der Waals surface area contributed by atoms with Crippen molar-refractivity contribution >= 4 is 0 Å². The Labute approximate surface area is 297 Å². The maximum absolute atomic E-state index is 6.61. The second-order valence-electron chi connectivity index (χ2n) is 17.1. The number of unbranched alkanes of at least 4 members (excludes halogenated alkanes) is 18. The van der Waals surface area contributed by atoms with Crippen LogP contribution in [0.3, 0.4) is 0 Å². The summed E-state index contributed by atoms with van der Waals surface area (Å²) in [6.45, 7) is 21.1. The highest BCUT2D eigenvalue weighted by atomic mass is 16.7. The van der Waals surface area contributed by atoms with E-state index in [0.717, 1.165) is 51.9 Å². The van der Waals surface area contributed by atoms with Gasteiger partial charge in [0.2, 0.25) is 0 Å². The summed E-state index contributed by atoms with van der Waals surface area (Å²) in [7, 11) is 0. The topological polar surface area (TPSA) is 27.7 Å². The fraction of sp³-hybridized carbons (Fsp3) is 0.955. The van der Waals surface area contributed by atoms with E-state index in [1.165, 1.54) is 141 Å². The van der Waals surface area contributed by atoms with Crippen LogP contribution in [0.1, 0.15) is 229 Å². The molecule has 0 aliphatic rings. The summed E-state index contributed by atoms with van der Waals surface area (Å²) in [5.74, 6) is 0.468. The SMILES string of the molecule is CCC=COCCCC(CCCCCCCCC)C(OCCCCCCCCCC(C)(C)C)OCCCCCCCCCC(C)(C)C. The van der Waals surface area contributed by atoms with Gasteiger partial charge in [-0.3, -0.25) is 0 Å². The predicted octanol–water partition coefficient (Wildman–Crippen LogP) is 15.2. The number of ether oxygens (including phenoxy) is 3. The highest BCUT2D eigenvalue weighted by Crippen LogP contribution is 2.26.